The van der Waals surface area contributed by atoms with Crippen molar-refractivity contribution in [3.05, 3.63) is 24.0 Å². The topological polar surface area (TPSA) is 27.8 Å². The molecule has 0 aromatic carbocycles. The lowest BCUT2D eigenvalue weighted by Gasteiger charge is -1.98. The summed E-state index contributed by atoms with van der Waals surface area (Å²) in [6.45, 7) is 3.76. The van der Waals surface area contributed by atoms with Crippen LogP contribution in [-0.2, 0) is 6.54 Å². The third-order valence-electron chi connectivity index (χ3n) is 1.60. The molecule has 1 heterocycles. The van der Waals surface area contributed by atoms with Gasteiger partial charge in [-0.25, -0.2) is 0 Å². The van der Waals surface area contributed by atoms with E-state index >= 15 is 0 Å². The van der Waals surface area contributed by atoms with Gasteiger partial charge in [-0.1, -0.05) is 0 Å². The molecule has 1 aromatic heterocycles. The van der Waals surface area contributed by atoms with Gasteiger partial charge in [0, 0.05) is 31.9 Å². The van der Waals surface area contributed by atoms with Crippen LogP contribution >= 0.6 is 0 Å². The largest absolute Gasteiger partial charge is 0.367 e. The van der Waals surface area contributed by atoms with E-state index in [1.165, 1.54) is 5.56 Å². The second kappa shape index (κ2) is 5.45. The first kappa shape index (κ1) is 8.89. The Hall–Kier alpha value is -1.20. The van der Waals surface area contributed by atoms with Crippen molar-refractivity contribution in [1.29, 1.82) is 0 Å². The van der Waals surface area contributed by atoms with Crippen molar-refractivity contribution < 1.29 is 0 Å². The first-order chi connectivity index (χ1) is 5.93. The zero-order valence-electron chi connectivity index (χ0n) is 7.35. The van der Waals surface area contributed by atoms with E-state index in [0.717, 1.165) is 19.5 Å². The van der Waals surface area contributed by atoms with Crippen LogP contribution in [0.25, 0.3) is 0 Å². The number of aromatic nitrogens is 1. The molecule has 0 saturated carbocycles. The Kier molecular flexibility index (Phi) is 4.04. The van der Waals surface area contributed by atoms with E-state index in [4.69, 9.17) is 0 Å². The zero-order valence-corrected chi connectivity index (χ0v) is 7.35. The summed E-state index contributed by atoms with van der Waals surface area (Å²) in [7, 11) is 0. The molecule has 0 radical (unpaired) electrons. The number of hydrogen-bond donors (Lipinski definition) is 2. The lowest BCUT2D eigenvalue weighted by molar-refractivity contribution is 0.702. The average Bonchev–Trinajstić information content (AvgIpc) is 2.57. The monoisotopic (exact) mass is 162 g/mol. The lowest BCUT2D eigenvalue weighted by Crippen LogP contribution is -2.13. The van der Waals surface area contributed by atoms with E-state index < -0.39 is 0 Å². The van der Waals surface area contributed by atoms with Gasteiger partial charge < -0.3 is 10.3 Å². The van der Waals surface area contributed by atoms with Gasteiger partial charge in [-0.2, -0.15) is 0 Å². The van der Waals surface area contributed by atoms with Gasteiger partial charge in [0.1, 0.15) is 0 Å². The van der Waals surface area contributed by atoms with E-state index in [-0.39, 0.29) is 0 Å². The first-order valence-corrected chi connectivity index (χ1v) is 4.15. The minimum atomic E-state index is 0.925. The summed E-state index contributed by atoms with van der Waals surface area (Å²) >= 11 is 0. The van der Waals surface area contributed by atoms with Crippen LogP contribution in [0.15, 0.2) is 18.5 Å². The van der Waals surface area contributed by atoms with Gasteiger partial charge in [-0.15, -0.1) is 11.8 Å². The molecule has 2 heteroatoms. The Balaban J connectivity index is 2.06. The summed E-state index contributed by atoms with van der Waals surface area (Å²) in [5, 5.41) is 3.30. The molecule has 0 aliphatic rings. The van der Waals surface area contributed by atoms with Crippen molar-refractivity contribution in [3.8, 4) is 11.8 Å². The highest BCUT2D eigenvalue weighted by Crippen LogP contribution is 1.94. The van der Waals surface area contributed by atoms with E-state index in [2.05, 4.69) is 28.2 Å². The molecule has 0 bridgehead atoms. The van der Waals surface area contributed by atoms with Crippen molar-refractivity contribution in [2.75, 3.05) is 6.54 Å². The summed E-state index contributed by atoms with van der Waals surface area (Å²) in [5.41, 5.74) is 1.29. The zero-order chi connectivity index (χ0) is 8.65. The van der Waals surface area contributed by atoms with Crippen LogP contribution < -0.4 is 5.32 Å². The summed E-state index contributed by atoms with van der Waals surface area (Å²) in [5.74, 6) is 5.87. The highest BCUT2D eigenvalue weighted by atomic mass is 14.8. The molecule has 2 N–H and O–H groups in total. The van der Waals surface area contributed by atoms with E-state index in [1.807, 2.05) is 19.3 Å². The minimum absolute atomic E-state index is 0.925. The van der Waals surface area contributed by atoms with Crippen molar-refractivity contribution in [2.24, 2.45) is 0 Å². The van der Waals surface area contributed by atoms with Gasteiger partial charge in [0.15, 0.2) is 0 Å². The second-order valence-electron chi connectivity index (χ2n) is 2.57. The molecule has 0 fully saturated rings. The smallest absolute Gasteiger partial charge is 0.0220 e. The Morgan fingerprint density at radius 2 is 2.50 bits per heavy atom. The SMILES string of the molecule is CC#CCCNCc1cc[nH]c1. The number of H-pyrrole nitrogens is 1. The van der Waals surface area contributed by atoms with Gasteiger partial charge >= 0.3 is 0 Å². The molecule has 0 aliphatic carbocycles. The van der Waals surface area contributed by atoms with Crippen LogP contribution in [0.3, 0.4) is 0 Å². The molecular weight excluding hydrogens is 148 g/mol. The molecule has 1 rings (SSSR count). The molecular formula is C10H14N2. The van der Waals surface area contributed by atoms with Gasteiger partial charge in [0.2, 0.25) is 0 Å². The van der Waals surface area contributed by atoms with Gasteiger partial charge in [0.25, 0.3) is 0 Å². The van der Waals surface area contributed by atoms with E-state index in [9.17, 15) is 0 Å². The molecule has 1 aromatic rings. The number of aromatic amines is 1. The third kappa shape index (κ3) is 3.27. The Bertz CT molecular complexity index is 251. The maximum absolute atomic E-state index is 3.30. The minimum Gasteiger partial charge on any atom is -0.367 e. The fourth-order valence-corrected chi connectivity index (χ4v) is 0.977. The van der Waals surface area contributed by atoms with Crippen LogP contribution in [0.1, 0.15) is 18.9 Å². The van der Waals surface area contributed by atoms with Crippen LogP contribution in [0.5, 0.6) is 0 Å². The summed E-state index contributed by atoms with van der Waals surface area (Å²) in [6, 6.07) is 2.07. The maximum atomic E-state index is 3.30. The second-order valence-corrected chi connectivity index (χ2v) is 2.57. The molecule has 12 heavy (non-hydrogen) atoms. The molecule has 64 valence electrons. The van der Waals surface area contributed by atoms with Crippen molar-refractivity contribution in [1.82, 2.24) is 10.3 Å². The van der Waals surface area contributed by atoms with E-state index in [1.54, 1.807) is 0 Å². The standard InChI is InChI=1S/C10H14N2/c1-2-3-4-6-11-8-10-5-7-12-9-10/h5,7,9,11-12H,4,6,8H2,1H3. The Morgan fingerprint density at radius 3 is 3.17 bits per heavy atom. The predicted molar refractivity (Wildman–Crippen MR) is 50.6 cm³/mol. The Morgan fingerprint density at radius 1 is 1.58 bits per heavy atom. The van der Waals surface area contributed by atoms with Crippen LogP contribution in [0.4, 0.5) is 0 Å². The van der Waals surface area contributed by atoms with Gasteiger partial charge in [0.05, 0.1) is 0 Å². The Labute approximate surface area is 73.4 Å². The molecule has 2 nitrogen and oxygen atoms in total. The molecule has 0 unspecified atom stereocenters. The van der Waals surface area contributed by atoms with Gasteiger partial charge in [-0.05, 0) is 18.6 Å². The highest BCUT2D eigenvalue weighted by molar-refractivity contribution is 5.07. The molecule has 0 aliphatic heterocycles. The van der Waals surface area contributed by atoms with E-state index in [0.29, 0.717) is 0 Å². The molecule has 0 amide bonds. The van der Waals surface area contributed by atoms with Crippen LogP contribution in [0.2, 0.25) is 0 Å². The fraction of sp³-hybridized carbons (Fsp3) is 0.400. The third-order valence-corrected chi connectivity index (χ3v) is 1.60. The summed E-state index contributed by atoms with van der Waals surface area (Å²) in [4.78, 5) is 3.01. The van der Waals surface area contributed by atoms with Crippen molar-refractivity contribution in [2.45, 2.75) is 19.9 Å². The normalized spacial score (nSPS) is 9.08. The maximum Gasteiger partial charge on any atom is 0.0220 e. The number of hydrogen-bond acceptors (Lipinski definition) is 1. The molecule has 0 atom stereocenters. The fourth-order valence-electron chi connectivity index (χ4n) is 0.977. The van der Waals surface area contributed by atoms with Crippen LogP contribution in [-0.4, -0.2) is 11.5 Å². The average molecular weight is 162 g/mol. The number of rotatable bonds is 4. The summed E-state index contributed by atoms with van der Waals surface area (Å²) < 4.78 is 0. The van der Waals surface area contributed by atoms with Crippen LogP contribution in [0, 0.1) is 11.8 Å². The molecule has 0 spiro atoms. The lowest BCUT2D eigenvalue weighted by atomic mass is 10.3. The highest BCUT2D eigenvalue weighted by Gasteiger charge is 1.89. The summed E-state index contributed by atoms with van der Waals surface area (Å²) in [6.07, 6.45) is 4.86. The quantitative estimate of drug-likeness (QED) is 0.510. The first-order valence-electron chi connectivity index (χ1n) is 4.15. The number of nitrogens with one attached hydrogen (secondary N) is 2. The molecule has 0 saturated heterocycles. The van der Waals surface area contributed by atoms with Gasteiger partial charge in [-0.3, -0.25) is 0 Å². The van der Waals surface area contributed by atoms with Crippen molar-refractivity contribution >= 4 is 0 Å². The van der Waals surface area contributed by atoms with Crippen molar-refractivity contribution in [3.63, 3.8) is 0 Å². The predicted octanol–water partition coefficient (Wildman–Crippen LogP) is 1.52.